The highest BCUT2D eigenvalue weighted by atomic mass is 19.4. The van der Waals surface area contributed by atoms with Crippen LogP contribution in [-0.2, 0) is 12.7 Å². The Balaban J connectivity index is 1.59. The summed E-state index contributed by atoms with van der Waals surface area (Å²) in [5, 5.41) is 10.7. The fourth-order valence-corrected chi connectivity index (χ4v) is 4.26. The number of aromatic nitrogens is 2. The molecule has 0 unspecified atom stereocenters. The van der Waals surface area contributed by atoms with Crippen LogP contribution in [0.15, 0.2) is 102 Å². The number of hydrogen-bond donors (Lipinski definition) is 1. The Morgan fingerprint density at radius 1 is 0.842 bits per heavy atom. The number of halogens is 3. The fourth-order valence-electron chi connectivity index (χ4n) is 4.26. The smallest absolute Gasteiger partial charge is 0.431 e. The van der Waals surface area contributed by atoms with Crippen LogP contribution in [0.4, 0.5) is 13.2 Å². The molecule has 0 aliphatic heterocycles. The average Bonchev–Trinajstić information content (AvgIpc) is 2.91. The molecule has 0 saturated heterocycles. The van der Waals surface area contributed by atoms with E-state index < -0.39 is 23.2 Å². The Kier molecular flexibility index (Phi) is 6.50. The number of benzene rings is 3. The van der Waals surface area contributed by atoms with Crippen molar-refractivity contribution in [3.8, 4) is 34.4 Å². The fraction of sp³-hybridized carbons (Fsp3) is 0.103. The van der Waals surface area contributed by atoms with Gasteiger partial charge in [-0.15, -0.1) is 0 Å². The third-order valence-electron chi connectivity index (χ3n) is 6.04. The number of alkyl halides is 3. The maximum Gasteiger partial charge on any atom is 0.431 e. The second-order valence-corrected chi connectivity index (χ2v) is 8.48. The van der Waals surface area contributed by atoms with E-state index in [0.29, 0.717) is 28.4 Å². The molecule has 3 aromatic carbocycles. The second-order valence-electron chi connectivity index (χ2n) is 8.48. The third-order valence-corrected chi connectivity index (χ3v) is 6.04. The van der Waals surface area contributed by atoms with Crippen LogP contribution in [0, 0.1) is 0 Å². The van der Waals surface area contributed by atoms with Crippen LogP contribution in [-0.4, -0.2) is 16.6 Å². The van der Waals surface area contributed by atoms with Crippen LogP contribution in [0.25, 0.3) is 16.9 Å². The summed E-state index contributed by atoms with van der Waals surface area (Å²) in [6.45, 7) is -0.129. The van der Waals surface area contributed by atoms with E-state index in [1.54, 1.807) is 98.1 Å². The normalized spacial score (nSPS) is 11.5. The standard InChI is InChI=1S/C29H21F3N2O4/c1-37-22-9-5-10-23(17-22)38-21-15-13-19(14-16-21)18-33-25-12-6-11-24(20-7-3-2-4-8-20)34(25)28(36)26(27(33)35)29(30,31)32/h2-17H,18H2,1H3/p+1. The molecular weight excluding hydrogens is 497 g/mol. The minimum atomic E-state index is -5.07. The number of ether oxygens (including phenoxy) is 2. The summed E-state index contributed by atoms with van der Waals surface area (Å²) in [5.74, 6) is 0.547. The van der Waals surface area contributed by atoms with Crippen LogP contribution in [0.3, 0.4) is 0 Å². The van der Waals surface area contributed by atoms with Gasteiger partial charge in [-0.1, -0.05) is 48.5 Å². The van der Waals surface area contributed by atoms with Gasteiger partial charge in [-0.3, -0.25) is 0 Å². The van der Waals surface area contributed by atoms with Gasteiger partial charge >= 0.3 is 17.6 Å². The van der Waals surface area contributed by atoms with Gasteiger partial charge in [0.05, 0.1) is 7.11 Å². The number of fused-ring (bicyclic) bond motifs is 1. The van der Waals surface area contributed by atoms with Gasteiger partial charge in [0.15, 0.2) is 0 Å². The summed E-state index contributed by atoms with van der Waals surface area (Å²) in [6, 6.07) is 27.1. The first-order valence-electron chi connectivity index (χ1n) is 11.6. The molecule has 5 rings (SSSR count). The molecule has 38 heavy (non-hydrogen) atoms. The van der Waals surface area contributed by atoms with Gasteiger partial charge in [0, 0.05) is 17.7 Å². The Morgan fingerprint density at radius 3 is 2.21 bits per heavy atom. The third kappa shape index (κ3) is 4.78. The lowest BCUT2D eigenvalue weighted by molar-refractivity contribution is -0.673. The van der Waals surface area contributed by atoms with Crippen molar-refractivity contribution in [3.05, 3.63) is 119 Å². The van der Waals surface area contributed by atoms with E-state index in [0.717, 1.165) is 8.97 Å². The quantitative estimate of drug-likeness (QED) is 0.287. The first-order chi connectivity index (χ1) is 18.3. The van der Waals surface area contributed by atoms with Gasteiger partial charge in [-0.2, -0.15) is 22.1 Å². The monoisotopic (exact) mass is 519 g/mol. The zero-order valence-corrected chi connectivity index (χ0v) is 20.1. The molecule has 0 fully saturated rings. The van der Waals surface area contributed by atoms with Gasteiger partial charge in [-0.05, 0) is 42.0 Å². The number of aromatic hydroxyl groups is 1. The lowest BCUT2D eigenvalue weighted by Crippen LogP contribution is -2.44. The lowest BCUT2D eigenvalue weighted by atomic mass is 10.1. The second kappa shape index (κ2) is 9.93. The Hall–Kier alpha value is -4.79. The molecule has 192 valence electrons. The molecule has 2 heterocycles. The minimum Gasteiger partial charge on any atom is -0.497 e. The summed E-state index contributed by atoms with van der Waals surface area (Å²) in [6.07, 6.45) is -5.07. The van der Waals surface area contributed by atoms with Crippen LogP contribution < -0.4 is 19.6 Å². The number of pyridine rings is 1. The van der Waals surface area contributed by atoms with Gasteiger partial charge in [-0.25, -0.2) is 4.79 Å². The molecule has 9 heteroatoms. The molecule has 0 aliphatic rings. The maximum absolute atomic E-state index is 14.0. The average molecular weight is 519 g/mol. The summed E-state index contributed by atoms with van der Waals surface area (Å²) < 4.78 is 55.1. The number of rotatable bonds is 6. The zero-order chi connectivity index (χ0) is 26.9. The Labute approximate surface area is 215 Å². The van der Waals surface area contributed by atoms with Crippen molar-refractivity contribution < 1.29 is 32.3 Å². The minimum absolute atomic E-state index is 0.110. The molecule has 2 aromatic heterocycles. The maximum atomic E-state index is 14.0. The molecule has 1 N–H and O–H groups in total. The Bertz CT molecular complexity index is 1660. The van der Waals surface area contributed by atoms with E-state index in [-0.39, 0.29) is 17.9 Å². The van der Waals surface area contributed by atoms with Crippen LogP contribution in [0.2, 0.25) is 0 Å². The number of methoxy groups -OCH3 is 1. The zero-order valence-electron chi connectivity index (χ0n) is 20.1. The molecule has 0 bridgehead atoms. The first kappa shape index (κ1) is 24.9. The highest BCUT2D eigenvalue weighted by Gasteiger charge is 2.44. The summed E-state index contributed by atoms with van der Waals surface area (Å²) in [5.41, 5.74) is -1.45. The Morgan fingerprint density at radius 2 is 1.53 bits per heavy atom. The van der Waals surface area contributed by atoms with Gasteiger partial charge in [0.2, 0.25) is 5.56 Å². The molecule has 0 radical (unpaired) electrons. The van der Waals surface area contributed by atoms with Crippen molar-refractivity contribution in [1.29, 1.82) is 0 Å². The highest BCUT2D eigenvalue weighted by Crippen LogP contribution is 2.32. The van der Waals surface area contributed by atoms with Crippen molar-refractivity contribution in [2.24, 2.45) is 0 Å². The molecule has 0 aliphatic carbocycles. The largest absolute Gasteiger partial charge is 0.497 e. The van der Waals surface area contributed by atoms with E-state index in [9.17, 15) is 23.1 Å². The van der Waals surface area contributed by atoms with E-state index >= 15 is 0 Å². The molecular formula is C29H22F3N2O4+. The number of nitrogens with zero attached hydrogens (tertiary/aromatic N) is 2. The summed E-state index contributed by atoms with van der Waals surface area (Å²) in [4.78, 5) is 13.1. The molecule has 0 spiro atoms. The van der Waals surface area contributed by atoms with E-state index in [4.69, 9.17) is 9.47 Å². The molecule has 0 atom stereocenters. The SMILES string of the molecule is COc1cccc(Oc2ccc(C[n+]3c(O)c(C(F)(F)F)c(=O)n4c(-c5ccccc5)cccc43)cc2)c1. The van der Waals surface area contributed by atoms with E-state index in [1.807, 2.05) is 0 Å². The number of hydrogen-bond acceptors (Lipinski definition) is 4. The van der Waals surface area contributed by atoms with Crippen molar-refractivity contribution in [2.75, 3.05) is 7.11 Å². The predicted molar refractivity (Wildman–Crippen MR) is 135 cm³/mol. The molecule has 0 amide bonds. The van der Waals surface area contributed by atoms with Crippen molar-refractivity contribution in [3.63, 3.8) is 0 Å². The summed E-state index contributed by atoms with van der Waals surface area (Å²) in [7, 11) is 1.55. The highest BCUT2D eigenvalue weighted by molar-refractivity contribution is 5.62. The van der Waals surface area contributed by atoms with Crippen LogP contribution in [0.5, 0.6) is 23.1 Å². The van der Waals surface area contributed by atoms with E-state index in [2.05, 4.69) is 0 Å². The molecule has 6 nitrogen and oxygen atoms in total. The van der Waals surface area contributed by atoms with Gasteiger partial charge in [0.1, 0.15) is 29.5 Å². The van der Waals surface area contributed by atoms with Gasteiger partial charge < -0.3 is 14.6 Å². The molecule has 0 saturated carbocycles. The van der Waals surface area contributed by atoms with Crippen LogP contribution in [0.1, 0.15) is 11.1 Å². The topological polar surface area (TPSA) is 64.0 Å². The lowest BCUT2D eigenvalue weighted by Gasteiger charge is -2.14. The summed E-state index contributed by atoms with van der Waals surface area (Å²) >= 11 is 0. The predicted octanol–water partition coefficient (Wildman–Crippen LogP) is 5.83. The van der Waals surface area contributed by atoms with Crippen molar-refractivity contribution >= 4 is 5.65 Å². The van der Waals surface area contributed by atoms with E-state index in [1.165, 1.54) is 6.07 Å². The molecule has 5 aromatic rings. The first-order valence-corrected chi connectivity index (χ1v) is 11.6. The van der Waals surface area contributed by atoms with Crippen molar-refractivity contribution in [1.82, 2.24) is 4.40 Å². The van der Waals surface area contributed by atoms with Crippen molar-refractivity contribution in [2.45, 2.75) is 12.7 Å². The van der Waals surface area contributed by atoms with Crippen LogP contribution >= 0.6 is 0 Å². The van der Waals surface area contributed by atoms with Gasteiger partial charge in [0.25, 0.3) is 5.65 Å².